The van der Waals surface area contributed by atoms with Crippen molar-refractivity contribution >= 4 is 21.8 Å². The Morgan fingerprint density at radius 1 is 0.268 bits per heavy atom. The van der Waals surface area contributed by atoms with Gasteiger partial charge in [-0.1, -0.05) is 259 Å². The fourth-order valence-corrected chi connectivity index (χ4v) is 10.6. The first-order valence-electron chi connectivity index (χ1n) is 24.7. The van der Waals surface area contributed by atoms with Gasteiger partial charge in [-0.15, -0.1) is 0 Å². The van der Waals surface area contributed by atoms with E-state index in [0.717, 1.165) is 0 Å². The Bertz CT molecular complexity index is 3710. The number of nitrogens with zero attached hydrogens (tertiary/aromatic N) is 1. The maximum Gasteiger partial charge on any atom is 0.0713 e. The Labute approximate surface area is 418 Å². The maximum absolute atomic E-state index is 2.39. The van der Waals surface area contributed by atoms with Gasteiger partial charge in [-0.05, 0) is 124 Å². The Hall–Kier alpha value is -8.78. The van der Waals surface area contributed by atoms with Gasteiger partial charge in [0.2, 0.25) is 0 Å². The van der Waals surface area contributed by atoms with Gasteiger partial charge in [-0.3, -0.25) is 0 Å². The fraction of sp³-hybridized carbons (Fsp3) is 0.0571. The van der Waals surface area contributed by atoms with Gasteiger partial charge in [0.1, 0.15) is 0 Å². The minimum atomic E-state index is -0.262. The van der Waals surface area contributed by atoms with Gasteiger partial charge >= 0.3 is 0 Å². The van der Waals surface area contributed by atoms with E-state index >= 15 is 0 Å². The summed E-state index contributed by atoms with van der Waals surface area (Å²) in [5.41, 5.74) is 22.7. The third-order valence-electron chi connectivity index (χ3n) is 14.0. The number of aromatic nitrogens is 1. The van der Waals surface area contributed by atoms with Crippen molar-refractivity contribution in [2.24, 2.45) is 0 Å². The summed E-state index contributed by atoms with van der Waals surface area (Å²) < 4.78 is 2.39. The maximum atomic E-state index is 2.39. The molecule has 1 heteroatoms. The van der Waals surface area contributed by atoms with Crippen LogP contribution in [0, 0.1) is 20.8 Å². The average Bonchev–Trinajstić information content (AvgIpc) is 3.93. The van der Waals surface area contributed by atoms with E-state index < -0.39 is 0 Å². The second-order valence-corrected chi connectivity index (χ2v) is 18.7. The molecule has 0 fully saturated rings. The number of aryl methyl sites for hydroxylation is 3. The first kappa shape index (κ1) is 44.7. The normalized spacial score (nSPS) is 12.0. The second kappa shape index (κ2) is 19.7. The van der Waals surface area contributed by atoms with Crippen LogP contribution in [0.3, 0.4) is 0 Å². The number of benzene rings is 11. The molecule has 0 atom stereocenters. The molecule has 0 N–H and O–H groups in total. The Morgan fingerprint density at radius 3 is 1.41 bits per heavy atom. The molecule has 0 saturated heterocycles. The number of rotatable bonds is 6. The van der Waals surface area contributed by atoms with Crippen molar-refractivity contribution in [3.63, 3.8) is 0 Å². The molecule has 1 aliphatic carbocycles. The quantitative estimate of drug-likeness (QED) is 0.157. The molecule has 0 bridgehead atoms. The van der Waals surface area contributed by atoms with Crippen LogP contribution in [0.15, 0.2) is 279 Å². The van der Waals surface area contributed by atoms with E-state index in [1.165, 1.54) is 111 Å². The molecule has 0 radical (unpaired) electrons. The Morgan fingerprint density at radius 2 is 0.732 bits per heavy atom. The minimum Gasteiger partial charge on any atom is -0.309 e. The molecule has 71 heavy (non-hydrogen) atoms. The summed E-state index contributed by atoms with van der Waals surface area (Å²) in [4.78, 5) is 0. The molecule has 1 heterocycles. The summed E-state index contributed by atoms with van der Waals surface area (Å²) in [5.74, 6) is 0. The highest BCUT2D eigenvalue weighted by atomic mass is 15.0. The van der Waals surface area contributed by atoms with E-state index in [9.17, 15) is 0 Å². The largest absolute Gasteiger partial charge is 0.309 e. The van der Waals surface area contributed by atoms with Crippen LogP contribution in [0.2, 0.25) is 0 Å². The topological polar surface area (TPSA) is 4.93 Å². The van der Waals surface area contributed by atoms with Crippen molar-refractivity contribution in [3.05, 3.63) is 318 Å². The summed E-state index contributed by atoms with van der Waals surface area (Å²) in [7, 11) is 0. The zero-order chi connectivity index (χ0) is 48.2. The van der Waals surface area contributed by atoms with Gasteiger partial charge in [0, 0.05) is 16.5 Å². The molecule has 0 aliphatic heterocycles. The van der Waals surface area contributed by atoms with E-state index in [2.05, 4.69) is 286 Å². The number of hydrogen-bond acceptors (Lipinski definition) is 0. The predicted octanol–water partition coefficient (Wildman–Crippen LogP) is 18.4. The van der Waals surface area contributed by atoms with E-state index in [1.807, 2.05) is 18.2 Å². The summed E-state index contributed by atoms with van der Waals surface area (Å²) in [5, 5.41) is 2.54. The molecule has 12 aromatic rings. The van der Waals surface area contributed by atoms with Crippen LogP contribution in [0.5, 0.6) is 0 Å². The van der Waals surface area contributed by atoms with E-state index in [4.69, 9.17) is 0 Å². The first-order valence-corrected chi connectivity index (χ1v) is 24.7. The first-order chi connectivity index (χ1) is 35.0. The third kappa shape index (κ3) is 8.69. The number of para-hydroxylation sites is 1. The number of fused-ring (bicyclic) bond motifs is 6. The summed E-state index contributed by atoms with van der Waals surface area (Å²) in [6.07, 6.45) is 0. The van der Waals surface area contributed by atoms with Gasteiger partial charge in [0.25, 0.3) is 0 Å². The molecule has 1 aliphatic rings. The SMILES string of the molecule is Cc1ccc(-c2cccc(-c3ccc4c(c3)c3ccccc3n4-c3cccc(-c4ccccc4)c3)c2)cc1.Cc1ccc2c(c1)-c1ccccc1C2(c1ccccc1)c1ccccc1.Cc1ccccc1. The van der Waals surface area contributed by atoms with Crippen LogP contribution >= 0.6 is 0 Å². The van der Waals surface area contributed by atoms with Crippen molar-refractivity contribution in [3.8, 4) is 50.2 Å². The zero-order valence-electron chi connectivity index (χ0n) is 40.5. The van der Waals surface area contributed by atoms with Crippen molar-refractivity contribution in [1.29, 1.82) is 0 Å². The van der Waals surface area contributed by atoms with Crippen molar-refractivity contribution in [2.75, 3.05) is 0 Å². The molecule has 1 nitrogen and oxygen atoms in total. The lowest BCUT2D eigenvalue weighted by Gasteiger charge is -2.33. The molecular formula is C70H55N. The molecule has 0 unspecified atom stereocenters. The van der Waals surface area contributed by atoms with Crippen LogP contribution in [0.25, 0.3) is 72.0 Å². The third-order valence-corrected chi connectivity index (χ3v) is 14.0. The molecule has 1 aromatic heterocycles. The lowest BCUT2D eigenvalue weighted by Crippen LogP contribution is -2.28. The molecule has 13 rings (SSSR count). The molecular weight excluding hydrogens is 855 g/mol. The molecule has 0 amide bonds. The van der Waals surface area contributed by atoms with Crippen LogP contribution in [0.1, 0.15) is 38.9 Å². The van der Waals surface area contributed by atoms with Crippen molar-refractivity contribution in [2.45, 2.75) is 26.2 Å². The van der Waals surface area contributed by atoms with Gasteiger partial charge in [0.15, 0.2) is 0 Å². The van der Waals surface area contributed by atoms with Crippen LogP contribution in [-0.4, -0.2) is 4.57 Å². The monoisotopic (exact) mass is 909 g/mol. The highest BCUT2D eigenvalue weighted by Crippen LogP contribution is 2.56. The highest BCUT2D eigenvalue weighted by molar-refractivity contribution is 6.10. The van der Waals surface area contributed by atoms with Crippen molar-refractivity contribution < 1.29 is 0 Å². The summed E-state index contributed by atoms with van der Waals surface area (Å²) in [6, 6.07) is 101. The van der Waals surface area contributed by atoms with Crippen LogP contribution in [0.4, 0.5) is 0 Å². The summed E-state index contributed by atoms with van der Waals surface area (Å²) in [6.45, 7) is 6.39. The van der Waals surface area contributed by atoms with Gasteiger partial charge < -0.3 is 4.57 Å². The average molecular weight is 910 g/mol. The van der Waals surface area contributed by atoms with Gasteiger partial charge in [-0.25, -0.2) is 0 Å². The zero-order valence-corrected chi connectivity index (χ0v) is 40.5. The minimum absolute atomic E-state index is 0.262. The predicted molar refractivity (Wildman–Crippen MR) is 301 cm³/mol. The smallest absolute Gasteiger partial charge is 0.0713 e. The van der Waals surface area contributed by atoms with Crippen LogP contribution in [-0.2, 0) is 5.41 Å². The highest BCUT2D eigenvalue weighted by Gasteiger charge is 2.45. The molecule has 0 spiro atoms. The fourth-order valence-electron chi connectivity index (χ4n) is 10.6. The second-order valence-electron chi connectivity index (χ2n) is 18.7. The Balaban J connectivity index is 0.000000142. The molecule has 11 aromatic carbocycles. The van der Waals surface area contributed by atoms with Gasteiger partial charge in [0.05, 0.1) is 16.4 Å². The van der Waals surface area contributed by atoms with E-state index in [1.54, 1.807) is 0 Å². The summed E-state index contributed by atoms with van der Waals surface area (Å²) >= 11 is 0. The van der Waals surface area contributed by atoms with E-state index in [0.29, 0.717) is 0 Å². The molecule has 340 valence electrons. The Kier molecular flexibility index (Phi) is 12.4. The molecule has 0 saturated carbocycles. The van der Waals surface area contributed by atoms with E-state index in [-0.39, 0.29) is 5.41 Å². The lowest BCUT2D eigenvalue weighted by molar-refractivity contribution is 0.768. The standard InChI is InChI=1S/C37H27N.C26H20.C7H8/c1-26-17-19-28(20-18-26)29-11-7-12-30(23-29)32-21-22-37-35(25-32)34-15-5-6-16-36(34)38(37)33-14-8-13-31(24-33)27-9-3-2-4-10-27;1-19-16-17-25-23(18-19)22-14-8-9-15-24(22)26(25,20-10-4-2-5-11-20)21-12-6-3-7-13-21;1-7-5-3-2-4-6-7/h2-25H,1H3;2-18H,1H3;2-6H,1H3. The van der Waals surface area contributed by atoms with Gasteiger partial charge in [-0.2, -0.15) is 0 Å². The van der Waals surface area contributed by atoms with Crippen molar-refractivity contribution in [1.82, 2.24) is 4.57 Å². The van der Waals surface area contributed by atoms with Crippen LogP contribution < -0.4 is 0 Å². The lowest BCUT2D eigenvalue weighted by atomic mass is 9.68. The number of hydrogen-bond donors (Lipinski definition) is 0.